The van der Waals surface area contributed by atoms with Gasteiger partial charge in [-0.1, -0.05) is 28.1 Å². The summed E-state index contributed by atoms with van der Waals surface area (Å²) in [6.07, 6.45) is 2.19. The molecule has 0 saturated heterocycles. The molecule has 0 unspecified atom stereocenters. The Balaban J connectivity index is 2.07. The van der Waals surface area contributed by atoms with Gasteiger partial charge in [0, 0.05) is 10.9 Å². The number of hydrogen-bond donors (Lipinski definition) is 2. The summed E-state index contributed by atoms with van der Waals surface area (Å²) in [5.74, 6) is -0.487. The molecule has 0 atom stereocenters. The van der Waals surface area contributed by atoms with E-state index in [1.54, 1.807) is 12.1 Å². The smallest absolute Gasteiger partial charge is 0.303 e. The highest BCUT2D eigenvalue weighted by molar-refractivity contribution is 9.10. The predicted molar refractivity (Wildman–Crippen MR) is 107 cm³/mol. The number of benzene rings is 2. The molecule has 26 heavy (non-hydrogen) atoms. The van der Waals surface area contributed by atoms with Crippen LogP contribution >= 0.6 is 27.3 Å². The molecule has 3 rings (SSSR count). The van der Waals surface area contributed by atoms with Gasteiger partial charge in [-0.2, -0.15) is 0 Å². The van der Waals surface area contributed by atoms with Crippen molar-refractivity contribution in [2.75, 3.05) is 7.11 Å². The number of rotatable bonds is 6. The number of thiazole rings is 1. The molecule has 7 heteroatoms. The third-order valence-electron chi connectivity index (χ3n) is 3.80. The summed E-state index contributed by atoms with van der Waals surface area (Å²) in [5, 5.41) is 19.9. The lowest BCUT2D eigenvalue weighted by Gasteiger charge is -2.08. The number of carbonyl (C=O) groups is 1. The fraction of sp³-hybridized carbons (Fsp3) is 0.158. The molecule has 134 valence electrons. The number of nitrogens with zero attached hydrogens (tertiary/aromatic N) is 1. The molecule has 0 aliphatic carbocycles. The van der Waals surface area contributed by atoms with Crippen molar-refractivity contribution in [3.63, 3.8) is 0 Å². The molecule has 2 N–H and O–H groups in total. The number of aromatic nitrogens is 1. The fourth-order valence-corrected chi connectivity index (χ4v) is 3.96. The summed E-state index contributed by atoms with van der Waals surface area (Å²) in [7, 11) is 1.48. The minimum Gasteiger partial charge on any atom is -0.504 e. The van der Waals surface area contributed by atoms with Gasteiger partial charge in [-0.15, -0.1) is 11.3 Å². The Hall–Kier alpha value is -2.38. The van der Waals surface area contributed by atoms with Crippen LogP contribution in [0.25, 0.3) is 21.9 Å². The molecule has 0 amide bonds. The third-order valence-corrected chi connectivity index (χ3v) is 5.60. The molecular weight excluding hydrogens is 418 g/mol. The van der Waals surface area contributed by atoms with E-state index in [1.165, 1.54) is 18.4 Å². The Morgan fingerprint density at radius 1 is 1.31 bits per heavy atom. The van der Waals surface area contributed by atoms with Crippen LogP contribution in [0.3, 0.4) is 0 Å². The first kappa shape index (κ1) is 18.4. The standard InChI is InChI=1S/C19H16BrNO4S/c1-25-16-10-13(20)12(9-15(16)22)8-11(6-7-18(23)24)19-21-14-4-2-3-5-17(14)26-19/h2-5,8-10,22H,6-7H2,1H3,(H,23,24)/b11-8-. The zero-order valence-electron chi connectivity index (χ0n) is 13.9. The van der Waals surface area contributed by atoms with Crippen molar-refractivity contribution in [3.05, 3.63) is 51.4 Å². The number of ether oxygens (including phenoxy) is 1. The van der Waals surface area contributed by atoms with Crippen molar-refractivity contribution in [2.24, 2.45) is 0 Å². The number of phenolic OH excluding ortho intramolecular Hbond substituents is 1. The van der Waals surface area contributed by atoms with E-state index in [2.05, 4.69) is 20.9 Å². The van der Waals surface area contributed by atoms with Crippen LogP contribution in [0, 0.1) is 0 Å². The number of allylic oxidation sites excluding steroid dienone is 1. The van der Waals surface area contributed by atoms with Crippen LogP contribution in [0.5, 0.6) is 11.5 Å². The quantitative estimate of drug-likeness (QED) is 0.559. The van der Waals surface area contributed by atoms with Gasteiger partial charge in [0.2, 0.25) is 0 Å². The molecule has 3 aromatic rings. The van der Waals surface area contributed by atoms with Gasteiger partial charge in [0.1, 0.15) is 5.01 Å². The van der Waals surface area contributed by atoms with E-state index >= 15 is 0 Å². The van der Waals surface area contributed by atoms with Crippen LogP contribution in [0.2, 0.25) is 0 Å². The van der Waals surface area contributed by atoms with Crippen LogP contribution in [-0.4, -0.2) is 28.3 Å². The Kier molecular flexibility index (Phi) is 5.58. The van der Waals surface area contributed by atoms with E-state index in [4.69, 9.17) is 9.84 Å². The van der Waals surface area contributed by atoms with Crippen LogP contribution in [0.4, 0.5) is 0 Å². The van der Waals surface area contributed by atoms with Gasteiger partial charge < -0.3 is 14.9 Å². The maximum Gasteiger partial charge on any atom is 0.303 e. The highest BCUT2D eigenvalue weighted by Crippen LogP contribution is 2.36. The van der Waals surface area contributed by atoms with Crippen molar-refractivity contribution in [3.8, 4) is 11.5 Å². The van der Waals surface area contributed by atoms with Gasteiger partial charge in [-0.05, 0) is 47.9 Å². The van der Waals surface area contributed by atoms with E-state index in [0.717, 1.165) is 30.8 Å². The number of para-hydroxylation sites is 1. The van der Waals surface area contributed by atoms with Crippen molar-refractivity contribution < 1.29 is 19.7 Å². The lowest BCUT2D eigenvalue weighted by atomic mass is 10.1. The Bertz CT molecular complexity index is 963. The van der Waals surface area contributed by atoms with Gasteiger partial charge >= 0.3 is 5.97 Å². The van der Waals surface area contributed by atoms with Crippen molar-refractivity contribution >= 4 is 55.1 Å². The molecule has 5 nitrogen and oxygen atoms in total. The van der Waals surface area contributed by atoms with Crippen LogP contribution in [0.15, 0.2) is 40.9 Å². The lowest BCUT2D eigenvalue weighted by molar-refractivity contribution is -0.136. The molecule has 1 heterocycles. The number of carboxylic acids is 1. The normalized spacial score (nSPS) is 11.7. The second kappa shape index (κ2) is 7.88. The molecule has 2 aromatic carbocycles. The fourth-order valence-electron chi connectivity index (χ4n) is 2.51. The largest absolute Gasteiger partial charge is 0.504 e. The summed E-state index contributed by atoms with van der Waals surface area (Å²) in [6, 6.07) is 11.0. The summed E-state index contributed by atoms with van der Waals surface area (Å²) in [6.45, 7) is 0. The van der Waals surface area contributed by atoms with E-state index < -0.39 is 5.97 Å². The van der Waals surface area contributed by atoms with Crippen molar-refractivity contribution in [2.45, 2.75) is 12.8 Å². The van der Waals surface area contributed by atoms with E-state index in [1.807, 2.05) is 30.3 Å². The van der Waals surface area contributed by atoms with Crippen molar-refractivity contribution in [1.29, 1.82) is 0 Å². The predicted octanol–water partition coefficient (Wildman–Crippen LogP) is 5.18. The van der Waals surface area contributed by atoms with Gasteiger partial charge in [0.15, 0.2) is 11.5 Å². The van der Waals surface area contributed by atoms with Crippen LogP contribution in [-0.2, 0) is 4.79 Å². The molecular formula is C19H16BrNO4S. The number of phenols is 1. The monoisotopic (exact) mass is 433 g/mol. The molecule has 1 aromatic heterocycles. The minimum absolute atomic E-state index is 0.00150. The number of methoxy groups -OCH3 is 1. The Labute approximate surface area is 162 Å². The van der Waals surface area contributed by atoms with E-state index in [9.17, 15) is 9.90 Å². The molecule has 0 radical (unpaired) electrons. The maximum absolute atomic E-state index is 11.1. The molecule has 0 aliphatic rings. The van der Waals surface area contributed by atoms with Gasteiger partial charge in [-0.25, -0.2) is 4.98 Å². The maximum atomic E-state index is 11.1. The van der Waals surface area contributed by atoms with Gasteiger partial charge in [0.05, 0.1) is 17.3 Å². The number of aromatic hydroxyl groups is 1. The summed E-state index contributed by atoms with van der Waals surface area (Å²) in [5.41, 5.74) is 2.41. The molecule has 0 spiro atoms. The van der Waals surface area contributed by atoms with Crippen molar-refractivity contribution in [1.82, 2.24) is 4.98 Å². The van der Waals surface area contributed by atoms with E-state index in [0.29, 0.717) is 12.2 Å². The van der Waals surface area contributed by atoms with E-state index in [-0.39, 0.29) is 12.2 Å². The van der Waals surface area contributed by atoms with Gasteiger partial charge in [-0.3, -0.25) is 4.79 Å². The topological polar surface area (TPSA) is 79.7 Å². The molecule has 0 aliphatic heterocycles. The first-order valence-corrected chi connectivity index (χ1v) is 9.43. The zero-order valence-corrected chi connectivity index (χ0v) is 16.3. The SMILES string of the molecule is COc1cc(Br)c(/C=C(/CCC(=O)O)c2nc3ccccc3s2)cc1O. The van der Waals surface area contributed by atoms with Gasteiger partial charge in [0.25, 0.3) is 0 Å². The lowest BCUT2D eigenvalue weighted by Crippen LogP contribution is -1.96. The minimum atomic E-state index is -0.867. The number of aliphatic carboxylic acids is 1. The molecule has 0 fully saturated rings. The first-order valence-electron chi connectivity index (χ1n) is 7.82. The highest BCUT2D eigenvalue weighted by atomic mass is 79.9. The van der Waals surface area contributed by atoms with Crippen LogP contribution < -0.4 is 4.74 Å². The number of fused-ring (bicyclic) bond motifs is 1. The summed E-state index contributed by atoms with van der Waals surface area (Å²) >= 11 is 4.99. The third kappa shape index (κ3) is 4.05. The Morgan fingerprint density at radius 2 is 2.08 bits per heavy atom. The zero-order chi connectivity index (χ0) is 18.7. The highest BCUT2D eigenvalue weighted by Gasteiger charge is 2.13. The number of hydrogen-bond acceptors (Lipinski definition) is 5. The average Bonchev–Trinajstić information content (AvgIpc) is 3.04. The average molecular weight is 434 g/mol. The number of carboxylic acid groups (broad SMARTS) is 1. The van der Waals surface area contributed by atoms with Crippen LogP contribution in [0.1, 0.15) is 23.4 Å². The first-order chi connectivity index (χ1) is 12.5. The molecule has 0 saturated carbocycles. The summed E-state index contributed by atoms with van der Waals surface area (Å²) < 4.78 is 6.88. The second-order valence-corrected chi connectivity index (χ2v) is 7.48. The second-order valence-electron chi connectivity index (χ2n) is 5.60. The molecule has 0 bridgehead atoms. The Morgan fingerprint density at radius 3 is 2.77 bits per heavy atom. The number of halogens is 1. The summed E-state index contributed by atoms with van der Waals surface area (Å²) in [4.78, 5) is 15.7.